The molecule has 4 aromatic rings. The van der Waals surface area contributed by atoms with Gasteiger partial charge in [0, 0.05) is 46.5 Å². The normalized spacial score (nSPS) is 14.2. The number of hydrogen-bond acceptors (Lipinski definition) is 12. The molecule has 0 unspecified atom stereocenters. The molecule has 0 radical (unpaired) electrons. The van der Waals surface area contributed by atoms with E-state index in [-0.39, 0.29) is 11.0 Å². The molecule has 0 aliphatic heterocycles. The van der Waals surface area contributed by atoms with Gasteiger partial charge in [-0.25, -0.2) is 19.9 Å². The van der Waals surface area contributed by atoms with Crippen LogP contribution < -0.4 is 40.4 Å². The van der Waals surface area contributed by atoms with Crippen molar-refractivity contribution >= 4 is 104 Å². The summed E-state index contributed by atoms with van der Waals surface area (Å²) in [5, 5.41) is 55.5. The molecule has 0 saturated carbocycles. The fraction of sp³-hybridized carbons (Fsp3) is 0.0952. The number of ketones is 6. The van der Waals surface area contributed by atoms with Gasteiger partial charge in [0.2, 0.25) is 11.6 Å². The van der Waals surface area contributed by atoms with E-state index < -0.39 is 99.4 Å². The van der Waals surface area contributed by atoms with Crippen molar-refractivity contribution in [2.75, 3.05) is 0 Å². The van der Waals surface area contributed by atoms with Crippen LogP contribution in [0.25, 0.3) is 0 Å². The van der Waals surface area contributed by atoms with Gasteiger partial charge in [-0.15, -0.1) is 0 Å². The number of Topliss-reactive ketones (excluding diaryl/α,β-unsaturated/α-hetero) is 6. The summed E-state index contributed by atoms with van der Waals surface area (Å²) in [4.78, 5) is 76.2. The predicted molar refractivity (Wildman–Crippen MR) is 231 cm³/mol. The number of hydrogen-bond donors (Lipinski definition) is 2. The largest absolute Gasteiger partial charge is 0.869 e. The van der Waals surface area contributed by atoms with E-state index in [4.69, 9.17) is 79.8 Å². The Morgan fingerprint density at radius 2 is 0.545 bits per heavy atom. The number of aryl methyl sites for hydroxylation is 4. The molecule has 10 N–H and O–H groups in total. The highest BCUT2D eigenvalue weighted by atomic mass is 35.5. The van der Waals surface area contributed by atoms with Gasteiger partial charge in [-0.3, -0.25) is 28.8 Å². The molecule has 0 fully saturated rings. The molecular weight excluding hydrogens is 997 g/mol. The van der Waals surface area contributed by atoms with E-state index >= 15 is 0 Å². The van der Waals surface area contributed by atoms with Crippen molar-refractivity contribution in [1.82, 2.24) is 0 Å². The molecule has 24 heteroatoms. The number of aliphatic hydroxyl groups excluding tert-OH is 2. The number of nitrogens with one attached hydrogen (secondary N) is 4. The Kier molecular flexibility index (Phi) is 28.6. The van der Waals surface area contributed by atoms with E-state index in [1.165, 1.54) is 22.3 Å². The number of allylic oxidation sites excluding steroid dienone is 6. The lowest BCUT2D eigenvalue weighted by Gasteiger charge is -2.23. The maximum Gasteiger partial charge on any atom is 0.239 e. The Balaban J connectivity index is 0. The minimum atomic E-state index is -1.23. The quantitative estimate of drug-likeness (QED) is 0.224. The van der Waals surface area contributed by atoms with Gasteiger partial charge in [-0.2, -0.15) is 0 Å². The highest BCUT2D eigenvalue weighted by Crippen LogP contribution is 2.26. The summed E-state index contributed by atoms with van der Waals surface area (Å²) in [5.74, 6) is -13.8. The number of pyridine rings is 4. The predicted octanol–water partition coefficient (Wildman–Crippen LogP) is 0.261. The van der Waals surface area contributed by atoms with Gasteiger partial charge in [0.1, 0.15) is 10.1 Å². The van der Waals surface area contributed by atoms with Gasteiger partial charge in [-0.1, -0.05) is 69.6 Å². The summed E-state index contributed by atoms with van der Waals surface area (Å²) in [5.41, 5.74) is 5.06. The van der Waals surface area contributed by atoms with Crippen molar-refractivity contribution < 1.29 is 90.3 Å². The first-order chi connectivity index (χ1) is 30.0. The number of H-pyrrole nitrogens is 4. The molecule has 3 aliphatic carbocycles. The lowest BCUT2D eigenvalue weighted by atomic mass is 10.1. The van der Waals surface area contributed by atoms with Crippen molar-refractivity contribution in [2.24, 2.45) is 0 Å². The molecule has 0 atom stereocenters. The molecular formula is C42H38Cl6N4O14. The Hall–Kier alpha value is -6.48. The van der Waals surface area contributed by atoms with Crippen LogP contribution in [-0.4, -0.2) is 55.9 Å². The summed E-state index contributed by atoms with van der Waals surface area (Å²) in [6.07, 6.45) is 15.4. The van der Waals surface area contributed by atoms with Crippen LogP contribution in [0.5, 0.6) is 0 Å². The Morgan fingerprint density at radius 3 is 0.697 bits per heavy atom. The van der Waals surface area contributed by atoms with Crippen LogP contribution in [0.2, 0.25) is 0 Å². The third kappa shape index (κ3) is 19.3. The van der Waals surface area contributed by atoms with Crippen molar-refractivity contribution in [1.29, 1.82) is 0 Å². The fourth-order valence-electron chi connectivity index (χ4n) is 3.76. The molecule has 4 heterocycles. The smallest absolute Gasteiger partial charge is 0.239 e. The van der Waals surface area contributed by atoms with Crippen LogP contribution >= 0.6 is 69.6 Å². The first-order valence-electron chi connectivity index (χ1n) is 17.4. The van der Waals surface area contributed by atoms with E-state index in [1.54, 1.807) is 0 Å². The number of aromatic nitrogens is 4. The summed E-state index contributed by atoms with van der Waals surface area (Å²) in [6, 6.07) is 16.1. The van der Waals surface area contributed by atoms with E-state index in [0.29, 0.717) is 0 Å². The zero-order valence-corrected chi connectivity index (χ0v) is 39.0. The minimum Gasteiger partial charge on any atom is -0.869 e. The highest BCUT2D eigenvalue weighted by Gasteiger charge is 2.29. The average Bonchev–Trinajstić information content (AvgIpc) is 3.30. The van der Waals surface area contributed by atoms with Crippen molar-refractivity contribution in [3.63, 3.8) is 0 Å². The topological polar surface area (TPSA) is 355 Å². The molecule has 0 amide bonds. The second-order valence-corrected chi connectivity index (χ2v) is 14.5. The number of aliphatic hydroxyl groups is 2. The summed E-state index contributed by atoms with van der Waals surface area (Å²) >= 11 is 30.7. The Bertz CT molecular complexity index is 2060. The fourth-order valence-corrected chi connectivity index (χ4v) is 4.80. The number of carbonyl (C=O) groups excluding carboxylic acids is 6. The van der Waals surface area contributed by atoms with Crippen LogP contribution in [0, 0.1) is 27.7 Å². The Labute approximate surface area is 405 Å². The first kappa shape index (κ1) is 61.6. The molecule has 18 nitrogen and oxygen atoms in total. The first-order valence-corrected chi connectivity index (χ1v) is 19.7. The van der Waals surface area contributed by atoms with Crippen LogP contribution in [0.15, 0.2) is 163 Å². The number of rotatable bonds is 0. The minimum absolute atomic E-state index is 0. The lowest BCUT2D eigenvalue weighted by Crippen LogP contribution is -2.31. The molecule has 66 heavy (non-hydrogen) atoms. The summed E-state index contributed by atoms with van der Waals surface area (Å²) in [6.45, 7) is 8.21. The molecule has 7 rings (SSSR count). The number of carbonyl (C=O) groups is 6. The van der Waals surface area contributed by atoms with Gasteiger partial charge in [0.05, 0.1) is 20.1 Å². The third-order valence-corrected chi connectivity index (χ3v) is 9.19. The average molecular weight is 1040 g/mol. The Morgan fingerprint density at radius 1 is 0.364 bits per heavy atom. The van der Waals surface area contributed by atoms with Crippen LogP contribution in [0.1, 0.15) is 22.3 Å². The standard InChI is InChI=1S/3C6H2Cl2O4.4C6H7N.2H2O/c3*7-1-3(9)5(11)2(8)6(12)4(1)10;4*1-6-3-2-4-7-5-6;;/h3*9,12H;4*2-5H,1H3;2*1H2. The van der Waals surface area contributed by atoms with E-state index in [9.17, 15) is 49.2 Å². The van der Waals surface area contributed by atoms with Gasteiger partial charge in [-0.05, 0) is 75.0 Å². The summed E-state index contributed by atoms with van der Waals surface area (Å²) < 4.78 is 0. The van der Waals surface area contributed by atoms with Gasteiger partial charge in [0.25, 0.3) is 0 Å². The lowest BCUT2D eigenvalue weighted by molar-refractivity contribution is -0.378. The van der Waals surface area contributed by atoms with E-state index in [1.807, 2.05) is 73.8 Å². The molecule has 4 aromatic heterocycles. The maximum atomic E-state index is 10.8. The molecule has 352 valence electrons. The van der Waals surface area contributed by atoms with Crippen molar-refractivity contribution in [2.45, 2.75) is 27.7 Å². The number of halogens is 6. The van der Waals surface area contributed by atoms with Gasteiger partial charge >= 0.3 is 0 Å². The molecule has 0 bridgehead atoms. The van der Waals surface area contributed by atoms with Crippen LogP contribution in [0.3, 0.4) is 0 Å². The van der Waals surface area contributed by atoms with Gasteiger partial charge in [0.15, 0.2) is 84.2 Å². The second-order valence-electron chi connectivity index (χ2n) is 12.2. The SMILES string of the molecule is Cc1ccc[nH+]c1.Cc1ccc[nH+]c1.Cc1ccc[nH+]c1.Cc1ccc[nH+]c1.O.O.O=C1C(O)=C(Cl)C(=O)C([O-])=C1Cl.O=C1C(O)=C(Cl)C(=O)C([O-])=C1Cl.O=C1C([O-])=C(Cl)C(=O)C([O-])=C1Cl. The third-order valence-electron chi connectivity index (χ3n) is 7.11. The van der Waals surface area contributed by atoms with E-state index in [2.05, 4.69) is 71.9 Å². The zero-order chi connectivity index (χ0) is 48.8. The monoisotopic (exact) mass is 1030 g/mol. The second kappa shape index (κ2) is 30.6. The molecule has 0 aromatic carbocycles. The maximum absolute atomic E-state index is 10.8. The van der Waals surface area contributed by atoms with Crippen LogP contribution in [-0.2, 0) is 28.8 Å². The zero-order valence-electron chi connectivity index (χ0n) is 34.5. The number of aromatic amines is 4. The molecule has 0 saturated heterocycles. The highest BCUT2D eigenvalue weighted by molar-refractivity contribution is 6.56. The van der Waals surface area contributed by atoms with Crippen LogP contribution in [0.4, 0.5) is 0 Å². The van der Waals surface area contributed by atoms with Crippen molar-refractivity contribution in [3.05, 3.63) is 185 Å². The molecule has 3 aliphatic rings. The van der Waals surface area contributed by atoms with Gasteiger partial charge < -0.3 is 41.6 Å². The van der Waals surface area contributed by atoms with E-state index in [0.717, 1.165) is 0 Å². The summed E-state index contributed by atoms with van der Waals surface area (Å²) in [7, 11) is 0. The van der Waals surface area contributed by atoms with Crippen molar-refractivity contribution in [3.8, 4) is 0 Å². The molecule has 0 spiro atoms.